The number of nitrogens with one attached hydrogen (secondary N) is 1. The Hall–Kier alpha value is -1.28. The zero-order chi connectivity index (χ0) is 11.7. The van der Waals surface area contributed by atoms with Gasteiger partial charge in [0.2, 0.25) is 5.91 Å². The summed E-state index contributed by atoms with van der Waals surface area (Å²) in [4.78, 5) is 11.0. The second kappa shape index (κ2) is 4.30. The van der Waals surface area contributed by atoms with Crippen LogP contribution in [0.15, 0.2) is 23.9 Å². The van der Waals surface area contributed by atoms with Gasteiger partial charge >= 0.3 is 0 Å². The molecule has 1 aliphatic carbocycles. The number of carbonyl (C=O) groups excluding carboxylic acids is 1. The van der Waals surface area contributed by atoms with E-state index in [0.29, 0.717) is 0 Å². The SMILES string of the molecule is CC(=O)NC1=C(c2ccc(Cl)c(C)c2)CC1. The van der Waals surface area contributed by atoms with E-state index in [1.807, 2.05) is 19.1 Å². The summed E-state index contributed by atoms with van der Waals surface area (Å²) in [6.45, 7) is 3.53. The largest absolute Gasteiger partial charge is 0.330 e. The maximum Gasteiger partial charge on any atom is 0.221 e. The van der Waals surface area contributed by atoms with Gasteiger partial charge in [0.25, 0.3) is 0 Å². The van der Waals surface area contributed by atoms with Crippen LogP contribution in [-0.2, 0) is 4.79 Å². The Morgan fingerprint density at radius 3 is 2.62 bits per heavy atom. The van der Waals surface area contributed by atoms with E-state index in [2.05, 4.69) is 11.4 Å². The molecule has 1 aromatic carbocycles. The fourth-order valence-corrected chi connectivity index (χ4v) is 1.99. The van der Waals surface area contributed by atoms with Crippen molar-refractivity contribution in [3.8, 4) is 0 Å². The molecule has 3 heteroatoms. The number of halogens is 1. The van der Waals surface area contributed by atoms with Crippen LogP contribution in [0.1, 0.15) is 30.9 Å². The molecule has 0 aromatic heterocycles. The van der Waals surface area contributed by atoms with Crippen molar-refractivity contribution in [3.63, 3.8) is 0 Å². The molecule has 0 saturated heterocycles. The second-order valence-corrected chi connectivity index (χ2v) is 4.51. The molecule has 0 atom stereocenters. The van der Waals surface area contributed by atoms with E-state index in [4.69, 9.17) is 11.6 Å². The van der Waals surface area contributed by atoms with E-state index in [1.54, 1.807) is 0 Å². The summed E-state index contributed by atoms with van der Waals surface area (Å²) >= 11 is 5.98. The molecule has 0 spiro atoms. The molecule has 0 aliphatic heterocycles. The molecule has 0 bridgehead atoms. The Bertz CT molecular complexity index is 477. The van der Waals surface area contributed by atoms with Crippen molar-refractivity contribution >= 4 is 23.1 Å². The minimum absolute atomic E-state index is 0.00196. The van der Waals surface area contributed by atoms with Gasteiger partial charge in [-0.2, -0.15) is 0 Å². The highest BCUT2D eigenvalue weighted by Gasteiger charge is 2.19. The molecule has 16 heavy (non-hydrogen) atoms. The predicted molar refractivity (Wildman–Crippen MR) is 66.2 cm³/mol. The van der Waals surface area contributed by atoms with Gasteiger partial charge in [0, 0.05) is 17.6 Å². The maximum atomic E-state index is 11.0. The van der Waals surface area contributed by atoms with E-state index in [0.717, 1.165) is 34.7 Å². The van der Waals surface area contributed by atoms with E-state index in [-0.39, 0.29) is 5.91 Å². The molecule has 1 aliphatic rings. The number of amides is 1. The van der Waals surface area contributed by atoms with E-state index in [9.17, 15) is 4.79 Å². The Morgan fingerprint density at radius 2 is 2.12 bits per heavy atom. The minimum atomic E-state index is -0.00196. The summed E-state index contributed by atoms with van der Waals surface area (Å²) in [6.07, 6.45) is 1.98. The van der Waals surface area contributed by atoms with Crippen LogP contribution in [0.4, 0.5) is 0 Å². The van der Waals surface area contributed by atoms with Gasteiger partial charge in [-0.3, -0.25) is 4.79 Å². The Morgan fingerprint density at radius 1 is 1.38 bits per heavy atom. The summed E-state index contributed by atoms with van der Waals surface area (Å²) < 4.78 is 0. The smallest absolute Gasteiger partial charge is 0.221 e. The zero-order valence-electron chi connectivity index (χ0n) is 9.43. The number of aryl methyl sites for hydroxylation is 1. The van der Waals surface area contributed by atoms with Gasteiger partial charge in [0.15, 0.2) is 0 Å². The standard InChI is InChI=1S/C13H14ClNO/c1-8-7-10(3-5-12(8)14)11-4-6-13(11)15-9(2)16/h3,5,7H,4,6H2,1-2H3,(H,15,16). The first-order valence-electron chi connectivity index (χ1n) is 5.34. The second-order valence-electron chi connectivity index (χ2n) is 4.10. The Balaban J connectivity index is 2.31. The van der Waals surface area contributed by atoms with Crippen molar-refractivity contribution in [2.75, 3.05) is 0 Å². The van der Waals surface area contributed by atoms with Crippen LogP contribution in [-0.4, -0.2) is 5.91 Å². The Labute approximate surface area is 100 Å². The zero-order valence-corrected chi connectivity index (χ0v) is 10.2. The van der Waals surface area contributed by atoms with Gasteiger partial charge in [0.05, 0.1) is 0 Å². The van der Waals surface area contributed by atoms with Crippen LogP contribution in [0.2, 0.25) is 5.02 Å². The number of hydrogen-bond donors (Lipinski definition) is 1. The number of hydrogen-bond acceptors (Lipinski definition) is 1. The maximum absolute atomic E-state index is 11.0. The molecule has 0 saturated carbocycles. The number of allylic oxidation sites excluding steroid dienone is 2. The highest BCUT2D eigenvalue weighted by atomic mass is 35.5. The first kappa shape index (κ1) is 11.2. The molecule has 0 fully saturated rings. The molecule has 1 N–H and O–H groups in total. The predicted octanol–water partition coefficient (Wildman–Crippen LogP) is 3.29. The highest BCUT2D eigenvalue weighted by Crippen LogP contribution is 2.35. The van der Waals surface area contributed by atoms with Crippen LogP contribution >= 0.6 is 11.6 Å². The topological polar surface area (TPSA) is 29.1 Å². The molecule has 0 radical (unpaired) electrons. The third-order valence-electron chi connectivity index (χ3n) is 2.82. The summed E-state index contributed by atoms with van der Waals surface area (Å²) in [5, 5.41) is 3.65. The average Bonchev–Trinajstić information content (AvgIpc) is 2.18. The fourth-order valence-electron chi connectivity index (χ4n) is 1.88. The monoisotopic (exact) mass is 235 g/mol. The molecule has 84 valence electrons. The lowest BCUT2D eigenvalue weighted by molar-refractivity contribution is -0.118. The van der Waals surface area contributed by atoms with Crippen molar-refractivity contribution in [2.24, 2.45) is 0 Å². The number of rotatable bonds is 2. The van der Waals surface area contributed by atoms with Crippen LogP contribution in [0.5, 0.6) is 0 Å². The fraction of sp³-hybridized carbons (Fsp3) is 0.308. The van der Waals surface area contributed by atoms with Crippen LogP contribution in [0.25, 0.3) is 5.57 Å². The first-order valence-corrected chi connectivity index (χ1v) is 5.72. The van der Waals surface area contributed by atoms with Gasteiger partial charge in [-0.05, 0) is 42.5 Å². The molecule has 1 aromatic rings. The first-order chi connectivity index (χ1) is 7.58. The van der Waals surface area contributed by atoms with Crippen molar-refractivity contribution in [2.45, 2.75) is 26.7 Å². The summed E-state index contributed by atoms with van der Waals surface area (Å²) in [6, 6.07) is 5.98. The lowest BCUT2D eigenvalue weighted by Crippen LogP contribution is -2.24. The van der Waals surface area contributed by atoms with E-state index in [1.165, 1.54) is 12.5 Å². The van der Waals surface area contributed by atoms with E-state index >= 15 is 0 Å². The van der Waals surface area contributed by atoms with Crippen molar-refractivity contribution in [1.29, 1.82) is 0 Å². The van der Waals surface area contributed by atoms with Crippen molar-refractivity contribution < 1.29 is 4.79 Å². The van der Waals surface area contributed by atoms with Crippen molar-refractivity contribution in [3.05, 3.63) is 40.0 Å². The van der Waals surface area contributed by atoms with Gasteiger partial charge in [-0.1, -0.05) is 23.7 Å². The van der Waals surface area contributed by atoms with Crippen molar-refractivity contribution in [1.82, 2.24) is 5.32 Å². The quantitative estimate of drug-likeness (QED) is 0.838. The normalized spacial score (nSPS) is 14.7. The van der Waals surface area contributed by atoms with Crippen LogP contribution in [0.3, 0.4) is 0 Å². The van der Waals surface area contributed by atoms with Gasteiger partial charge in [-0.25, -0.2) is 0 Å². The number of benzene rings is 1. The van der Waals surface area contributed by atoms with E-state index < -0.39 is 0 Å². The van der Waals surface area contributed by atoms with Crippen LogP contribution in [0, 0.1) is 6.92 Å². The molecule has 2 nitrogen and oxygen atoms in total. The average molecular weight is 236 g/mol. The minimum Gasteiger partial charge on any atom is -0.330 e. The highest BCUT2D eigenvalue weighted by molar-refractivity contribution is 6.31. The van der Waals surface area contributed by atoms with Gasteiger partial charge in [-0.15, -0.1) is 0 Å². The molecule has 1 amide bonds. The van der Waals surface area contributed by atoms with Gasteiger partial charge < -0.3 is 5.32 Å². The molecule has 0 unspecified atom stereocenters. The Kier molecular flexibility index (Phi) is 3.01. The molecule has 0 heterocycles. The molecular weight excluding hydrogens is 222 g/mol. The van der Waals surface area contributed by atoms with Crippen LogP contribution < -0.4 is 5.32 Å². The lowest BCUT2D eigenvalue weighted by atomic mass is 9.87. The molecular formula is C13H14ClNO. The molecule has 2 rings (SSSR count). The summed E-state index contributed by atoms with van der Waals surface area (Å²) in [7, 11) is 0. The summed E-state index contributed by atoms with van der Waals surface area (Å²) in [5.41, 5.74) is 4.52. The summed E-state index contributed by atoms with van der Waals surface area (Å²) in [5.74, 6) is -0.00196. The lowest BCUT2D eigenvalue weighted by Gasteiger charge is -2.24. The third kappa shape index (κ3) is 2.12. The van der Waals surface area contributed by atoms with Gasteiger partial charge in [0.1, 0.15) is 0 Å². The number of carbonyl (C=O) groups is 1. The third-order valence-corrected chi connectivity index (χ3v) is 3.25.